The number of aliphatic hydroxyl groups is 2. The summed E-state index contributed by atoms with van der Waals surface area (Å²) in [6.45, 7) is 3.49. The second kappa shape index (κ2) is 15.8. The largest absolute Gasteiger partial charge is 0.391 e. The third kappa shape index (κ3) is 16.7. The molecule has 0 saturated carbocycles. The lowest BCUT2D eigenvalue weighted by Crippen LogP contribution is -2.32. The first-order valence-electron chi connectivity index (χ1n) is 11.1. The summed E-state index contributed by atoms with van der Waals surface area (Å²) in [4.78, 5) is 12.0. The summed E-state index contributed by atoms with van der Waals surface area (Å²) in [5.41, 5.74) is 0. The van der Waals surface area contributed by atoms with Gasteiger partial charge in [-0.3, -0.25) is 4.79 Å². The number of unbranched alkanes of at least 4 members (excludes halogenated alkanes) is 2. The molecule has 0 aliphatic carbocycles. The van der Waals surface area contributed by atoms with Crippen LogP contribution in [0.25, 0.3) is 0 Å². The fourth-order valence-electron chi connectivity index (χ4n) is 3.40. The van der Waals surface area contributed by atoms with Crippen LogP contribution in [0.15, 0.2) is 0 Å². The molecule has 4 atom stereocenters. The number of aliphatic hydroxyl groups excluding tert-OH is 2. The van der Waals surface area contributed by atoms with Gasteiger partial charge in [0.1, 0.15) is 12.2 Å². The Morgan fingerprint density at radius 1 is 0.688 bits per heavy atom. The van der Waals surface area contributed by atoms with Crippen LogP contribution in [0.5, 0.6) is 0 Å². The summed E-state index contributed by atoms with van der Waals surface area (Å²) in [7, 11) is 0. The molecule has 2 unspecified atom stereocenters. The molecule has 192 valence electrons. The monoisotopic (exact) mass is 482 g/mol. The zero-order chi connectivity index (χ0) is 24.8. The van der Waals surface area contributed by atoms with Crippen molar-refractivity contribution in [3.63, 3.8) is 0 Å². The molecule has 5 nitrogen and oxygen atoms in total. The van der Waals surface area contributed by atoms with Gasteiger partial charge in [0.05, 0.1) is 25.0 Å². The number of carbonyl (C=O) groups excluding carboxylic acids is 1. The maximum Gasteiger partial charge on any atom is 0.391 e. The van der Waals surface area contributed by atoms with E-state index in [2.05, 4.69) is 0 Å². The molecule has 0 heterocycles. The number of ketones is 1. The quantitative estimate of drug-likeness (QED) is 0.210. The van der Waals surface area contributed by atoms with Crippen molar-refractivity contribution in [3.05, 3.63) is 0 Å². The van der Waals surface area contributed by atoms with Crippen LogP contribution in [0.4, 0.5) is 26.3 Å². The first-order chi connectivity index (χ1) is 14.8. The minimum atomic E-state index is -4.34. The van der Waals surface area contributed by atoms with Gasteiger partial charge in [-0.15, -0.1) is 0 Å². The molecule has 0 amide bonds. The molecule has 0 radical (unpaired) electrons. The summed E-state index contributed by atoms with van der Waals surface area (Å²) in [6.07, 6.45) is -14.2. The topological polar surface area (TPSA) is 76.0 Å². The van der Waals surface area contributed by atoms with Gasteiger partial charge in [0.2, 0.25) is 0 Å². The number of hydrogen-bond donors (Lipinski definition) is 2. The standard InChI is InChI=1S/C21H36F6O5/c1-3-31-15(13-20(22,23)24)9-5-7-11-17(28)19(30)18(29)12-8-6-10-16(32-4-2)14-21(25,26)27/h15-18,28-29H,3-14H2,1-2H3/t15?,16?,17-,18-/m1/s1. The number of Topliss-reactive ketones (excluding diaryl/α,β-unsaturated/α-hetero) is 1. The van der Waals surface area contributed by atoms with Crippen LogP contribution in [0.2, 0.25) is 0 Å². The smallest absolute Gasteiger partial charge is 0.385 e. The van der Waals surface area contributed by atoms with Crippen LogP contribution in [0, 0.1) is 0 Å². The summed E-state index contributed by atoms with van der Waals surface area (Å²) < 4.78 is 85.1. The van der Waals surface area contributed by atoms with Gasteiger partial charge in [-0.2, -0.15) is 26.3 Å². The normalized spacial score (nSPS) is 16.6. The third-order valence-corrected chi connectivity index (χ3v) is 4.89. The molecule has 0 aromatic rings. The zero-order valence-electron chi connectivity index (χ0n) is 18.7. The Kier molecular flexibility index (Phi) is 15.4. The van der Waals surface area contributed by atoms with Gasteiger partial charge < -0.3 is 19.7 Å². The lowest BCUT2D eigenvalue weighted by molar-refractivity contribution is -0.162. The highest BCUT2D eigenvalue weighted by Crippen LogP contribution is 2.27. The van der Waals surface area contributed by atoms with Gasteiger partial charge >= 0.3 is 12.4 Å². The number of hydrogen-bond acceptors (Lipinski definition) is 5. The zero-order valence-corrected chi connectivity index (χ0v) is 18.7. The van der Waals surface area contributed by atoms with Gasteiger partial charge in [-0.25, -0.2) is 0 Å². The summed E-state index contributed by atoms with van der Waals surface area (Å²) in [5.74, 6) is -0.793. The predicted molar refractivity (Wildman–Crippen MR) is 106 cm³/mol. The van der Waals surface area contributed by atoms with Gasteiger partial charge in [0.15, 0.2) is 5.78 Å². The van der Waals surface area contributed by atoms with Crippen molar-refractivity contribution in [3.8, 4) is 0 Å². The first-order valence-corrected chi connectivity index (χ1v) is 11.1. The number of alkyl halides is 6. The van der Waals surface area contributed by atoms with Crippen molar-refractivity contribution in [2.45, 2.75) is 115 Å². The van der Waals surface area contributed by atoms with Crippen LogP contribution in [0.3, 0.4) is 0 Å². The molecule has 2 N–H and O–H groups in total. The van der Waals surface area contributed by atoms with E-state index in [1.807, 2.05) is 0 Å². The van der Waals surface area contributed by atoms with Crippen LogP contribution in [-0.2, 0) is 14.3 Å². The number of halogens is 6. The van der Waals surface area contributed by atoms with Crippen molar-refractivity contribution < 1.29 is 50.8 Å². The fraction of sp³-hybridized carbons (Fsp3) is 0.952. The van der Waals surface area contributed by atoms with Crippen molar-refractivity contribution in [1.82, 2.24) is 0 Å². The second-order valence-corrected chi connectivity index (χ2v) is 7.80. The lowest BCUT2D eigenvalue weighted by atomic mass is 9.98. The fourth-order valence-corrected chi connectivity index (χ4v) is 3.40. The number of rotatable bonds is 18. The van der Waals surface area contributed by atoms with E-state index in [0.29, 0.717) is 12.8 Å². The van der Waals surface area contributed by atoms with Crippen LogP contribution in [0.1, 0.15) is 78.1 Å². The molecule has 0 bridgehead atoms. The van der Waals surface area contributed by atoms with E-state index < -0.39 is 55.4 Å². The summed E-state index contributed by atoms with van der Waals surface area (Å²) >= 11 is 0. The maximum absolute atomic E-state index is 12.5. The van der Waals surface area contributed by atoms with Gasteiger partial charge in [-0.1, -0.05) is 25.7 Å². The Labute approximate surface area is 185 Å². The van der Waals surface area contributed by atoms with Gasteiger partial charge in [-0.05, 0) is 39.5 Å². The molecular weight excluding hydrogens is 446 g/mol. The van der Waals surface area contributed by atoms with E-state index in [1.165, 1.54) is 0 Å². The minimum absolute atomic E-state index is 0.00124. The average molecular weight is 483 g/mol. The van der Waals surface area contributed by atoms with Crippen LogP contribution >= 0.6 is 0 Å². The predicted octanol–water partition coefficient (Wildman–Crippen LogP) is 5.11. The van der Waals surface area contributed by atoms with E-state index in [0.717, 1.165) is 0 Å². The highest BCUT2D eigenvalue weighted by atomic mass is 19.4. The molecule has 32 heavy (non-hydrogen) atoms. The molecule has 0 aromatic carbocycles. The number of carbonyl (C=O) groups is 1. The van der Waals surface area contributed by atoms with E-state index in [9.17, 15) is 41.4 Å². The molecule has 0 spiro atoms. The molecule has 0 saturated heterocycles. The Hall–Kier alpha value is -0.910. The molecule has 0 rings (SSSR count). The van der Waals surface area contributed by atoms with E-state index in [4.69, 9.17) is 9.47 Å². The van der Waals surface area contributed by atoms with Crippen molar-refractivity contribution in [2.24, 2.45) is 0 Å². The first kappa shape index (κ1) is 31.1. The Balaban J connectivity index is 4.20. The van der Waals surface area contributed by atoms with Crippen LogP contribution in [-0.4, -0.2) is 66.0 Å². The molecule has 0 aliphatic rings. The Morgan fingerprint density at radius 3 is 1.28 bits per heavy atom. The Morgan fingerprint density at radius 2 is 1.00 bits per heavy atom. The lowest BCUT2D eigenvalue weighted by Gasteiger charge is -2.20. The maximum atomic E-state index is 12.5. The van der Waals surface area contributed by atoms with Crippen molar-refractivity contribution in [2.75, 3.05) is 13.2 Å². The van der Waals surface area contributed by atoms with Crippen LogP contribution < -0.4 is 0 Å². The summed E-state index contributed by atoms with van der Waals surface area (Å²) in [6, 6.07) is 0. The summed E-state index contributed by atoms with van der Waals surface area (Å²) in [5, 5.41) is 19.8. The average Bonchev–Trinajstić information content (AvgIpc) is 2.65. The molecule has 0 fully saturated rings. The van der Waals surface area contributed by atoms with Gasteiger partial charge in [0, 0.05) is 13.2 Å². The van der Waals surface area contributed by atoms with E-state index in [1.54, 1.807) is 13.8 Å². The number of ether oxygens (including phenoxy) is 2. The molecule has 11 heteroatoms. The second-order valence-electron chi connectivity index (χ2n) is 7.80. The van der Waals surface area contributed by atoms with E-state index in [-0.39, 0.29) is 51.7 Å². The van der Waals surface area contributed by atoms with Crippen molar-refractivity contribution >= 4 is 5.78 Å². The highest BCUT2D eigenvalue weighted by Gasteiger charge is 2.33. The van der Waals surface area contributed by atoms with E-state index >= 15 is 0 Å². The third-order valence-electron chi connectivity index (χ3n) is 4.89. The molecule has 0 aromatic heterocycles. The SMILES string of the molecule is CCOC(CCCC[C@@H](O)C(=O)[C@H](O)CCCCC(CC(F)(F)F)OCC)CC(F)(F)F. The highest BCUT2D eigenvalue weighted by molar-refractivity contribution is 5.86. The van der Waals surface area contributed by atoms with Gasteiger partial charge in [0.25, 0.3) is 0 Å². The minimum Gasteiger partial charge on any atom is -0.385 e. The molecular formula is C21H36F6O5. The van der Waals surface area contributed by atoms with Crippen molar-refractivity contribution in [1.29, 1.82) is 0 Å². The molecule has 0 aliphatic heterocycles. The Bertz CT molecular complexity index is 456.